The second-order valence-corrected chi connectivity index (χ2v) is 9.44. The van der Waals surface area contributed by atoms with Gasteiger partial charge in [0.05, 0.1) is 12.7 Å². The first-order valence-corrected chi connectivity index (χ1v) is 11.0. The molecule has 1 atom stereocenters. The molecule has 2 fully saturated rings. The van der Waals surface area contributed by atoms with Gasteiger partial charge >= 0.3 is 0 Å². The molecule has 2 rings (SSSR count). The zero-order valence-electron chi connectivity index (χ0n) is 18.5. The largest absolute Gasteiger partial charge is 0.385 e. The zero-order chi connectivity index (χ0) is 19.9. The molecule has 0 aromatic carbocycles. The third kappa shape index (κ3) is 6.28. The van der Waals surface area contributed by atoms with Crippen LogP contribution in [-0.2, 0) is 14.2 Å². The molecule has 1 saturated carbocycles. The molecular weight excluding hydrogens is 338 g/mol. The molecule has 27 heavy (non-hydrogen) atoms. The molecule has 0 radical (unpaired) electrons. The van der Waals surface area contributed by atoms with Gasteiger partial charge in [0, 0.05) is 46.2 Å². The summed E-state index contributed by atoms with van der Waals surface area (Å²) >= 11 is 0. The molecule has 1 unspecified atom stereocenters. The predicted molar refractivity (Wildman–Crippen MR) is 112 cm³/mol. The van der Waals surface area contributed by atoms with Crippen molar-refractivity contribution in [1.29, 1.82) is 0 Å². The van der Waals surface area contributed by atoms with Crippen LogP contribution in [0.25, 0.3) is 0 Å². The first-order valence-electron chi connectivity index (χ1n) is 11.0. The van der Waals surface area contributed by atoms with E-state index in [0.29, 0.717) is 11.3 Å². The SMILES string of the molecule is C=CCN(CCCOC)CCC1COC2(CCC(C(C)(C)C(C)C)CC2)O1. The van der Waals surface area contributed by atoms with E-state index in [-0.39, 0.29) is 11.9 Å². The van der Waals surface area contributed by atoms with Gasteiger partial charge in [-0.05, 0) is 42.9 Å². The molecule has 0 amide bonds. The topological polar surface area (TPSA) is 30.9 Å². The lowest BCUT2D eigenvalue weighted by molar-refractivity contribution is -0.198. The van der Waals surface area contributed by atoms with Gasteiger partial charge in [0.15, 0.2) is 5.79 Å². The van der Waals surface area contributed by atoms with Crippen LogP contribution in [0, 0.1) is 17.3 Å². The summed E-state index contributed by atoms with van der Waals surface area (Å²) in [6, 6.07) is 0. The van der Waals surface area contributed by atoms with Crippen molar-refractivity contribution in [2.45, 2.75) is 78.1 Å². The highest BCUT2D eigenvalue weighted by atomic mass is 16.7. The highest BCUT2D eigenvalue weighted by Crippen LogP contribution is 2.48. The molecule has 1 aliphatic heterocycles. The van der Waals surface area contributed by atoms with Gasteiger partial charge in [-0.3, -0.25) is 4.90 Å². The molecule has 1 aliphatic carbocycles. The number of hydrogen-bond donors (Lipinski definition) is 0. The maximum absolute atomic E-state index is 6.47. The van der Waals surface area contributed by atoms with Crippen molar-refractivity contribution >= 4 is 0 Å². The zero-order valence-corrected chi connectivity index (χ0v) is 18.5. The van der Waals surface area contributed by atoms with E-state index in [1.54, 1.807) is 7.11 Å². The fourth-order valence-electron chi connectivity index (χ4n) is 4.53. The minimum atomic E-state index is -0.298. The summed E-state index contributed by atoms with van der Waals surface area (Å²) in [5.74, 6) is 1.19. The number of rotatable bonds is 11. The average molecular weight is 382 g/mol. The predicted octanol–water partition coefficient (Wildman–Crippen LogP) is 4.89. The van der Waals surface area contributed by atoms with Gasteiger partial charge in [-0.1, -0.05) is 33.8 Å². The molecule has 2 aliphatic rings. The van der Waals surface area contributed by atoms with Crippen molar-refractivity contribution < 1.29 is 14.2 Å². The third-order valence-electron chi connectivity index (χ3n) is 7.18. The Morgan fingerprint density at radius 1 is 1.26 bits per heavy atom. The summed E-state index contributed by atoms with van der Waals surface area (Å²) in [6.45, 7) is 18.0. The van der Waals surface area contributed by atoms with E-state index in [4.69, 9.17) is 14.2 Å². The molecule has 158 valence electrons. The van der Waals surface area contributed by atoms with Crippen molar-refractivity contribution in [3.05, 3.63) is 12.7 Å². The highest BCUT2D eigenvalue weighted by Gasteiger charge is 2.47. The molecule has 1 heterocycles. The Labute approximate surface area is 167 Å². The van der Waals surface area contributed by atoms with Crippen molar-refractivity contribution in [2.75, 3.05) is 40.0 Å². The summed E-state index contributed by atoms with van der Waals surface area (Å²) in [7, 11) is 1.76. The fourth-order valence-corrected chi connectivity index (χ4v) is 4.53. The molecular formula is C23H43NO3. The Morgan fingerprint density at radius 2 is 1.96 bits per heavy atom. The first kappa shape index (κ1) is 22.9. The van der Waals surface area contributed by atoms with Crippen molar-refractivity contribution in [1.82, 2.24) is 4.90 Å². The lowest BCUT2D eigenvalue weighted by Crippen LogP contribution is -2.41. The minimum absolute atomic E-state index is 0.231. The Morgan fingerprint density at radius 3 is 2.56 bits per heavy atom. The van der Waals surface area contributed by atoms with Crippen LogP contribution in [0.3, 0.4) is 0 Å². The Kier molecular flexibility index (Phi) is 8.79. The Hall–Kier alpha value is -0.420. The molecule has 1 spiro atoms. The molecule has 0 aromatic heterocycles. The molecule has 0 aromatic rings. The lowest BCUT2D eigenvalue weighted by atomic mass is 9.64. The molecule has 4 nitrogen and oxygen atoms in total. The molecule has 4 heteroatoms. The molecule has 0 N–H and O–H groups in total. The van der Waals surface area contributed by atoms with Gasteiger partial charge in [-0.25, -0.2) is 0 Å². The number of methoxy groups -OCH3 is 1. The smallest absolute Gasteiger partial charge is 0.168 e. The summed E-state index contributed by atoms with van der Waals surface area (Å²) in [6.07, 6.45) is 8.84. The monoisotopic (exact) mass is 381 g/mol. The Balaban J connectivity index is 1.77. The van der Waals surface area contributed by atoms with Gasteiger partial charge in [-0.15, -0.1) is 6.58 Å². The van der Waals surface area contributed by atoms with Gasteiger partial charge in [0.2, 0.25) is 0 Å². The van der Waals surface area contributed by atoms with Crippen LogP contribution in [0.5, 0.6) is 0 Å². The molecule has 1 saturated heterocycles. The highest BCUT2D eigenvalue weighted by molar-refractivity contribution is 4.91. The van der Waals surface area contributed by atoms with E-state index >= 15 is 0 Å². The van der Waals surface area contributed by atoms with Crippen LogP contribution in [0.15, 0.2) is 12.7 Å². The average Bonchev–Trinajstić information content (AvgIpc) is 3.02. The van der Waals surface area contributed by atoms with E-state index < -0.39 is 0 Å². The third-order valence-corrected chi connectivity index (χ3v) is 7.18. The van der Waals surface area contributed by atoms with Crippen LogP contribution in [-0.4, -0.2) is 56.7 Å². The normalized spacial score (nSPS) is 29.1. The maximum Gasteiger partial charge on any atom is 0.168 e. The second kappa shape index (κ2) is 10.4. The second-order valence-electron chi connectivity index (χ2n) is 9.44. The van der Waals surface area contributed by atoms with Gasteiger partial charge in [0.1, 0.15) is 0 Å². The lowest BCUT2D eigenvalue weighted by Gasteiger charge is -2.44. The fraction of sp³-hybridized carbons (Fsp3) is 0.913. The van der Waals surface area contributed by atoms with Crippen molar-refractivity contribution in [2.24, 2.45) is 17.3 Å². The summed E-state index contributed by atoms with van der Waals surface area (Å²) in [5.41, 5.74) is 0.396. The van der Waals surface area contributed by atoms with Crippen LogP contribution >= 0.6 is 0 Å². The minimum Gasteiger partial charge on any atom is -0.385 e. The summed E-state index contributed by atoms with van der Waals surface area (Å²) in [5, 5.41) is 0. The number of ether oxygens (including phenoxy) is 3. The molecule has 0 bridgehead atoms. The van der Waals surface area contributed by atoms with Crippen LogP contribution in [0.1, 0.15) is 66.2 Å². The first-order chi connectivity index (χ1) is 12.8. The van der Waals surface area contributed by atoms with Gasteiger partial charge in [-0.2, -0.15) is 0 Å². The summed E-state index contributed by atoms with van der Waals surface area (Å²) < 4.78 is 17.9. The van der Waals surface area contributed by atoms with E-state index in [1.165, 1.54) is 12.8 Å². The standard InChI is InChI=1S/C23H43NO3/c1-7-14-24(15-8-17-25-6)16-11-21-18-26-23(27-21)12-9-20(10-13-23)22(4,5)19(2)3/h7,19-21H,1,8-18H2,2-6H3. The number of hydrogen-bond acceptors (Lipinski definition) is 4. The van der Waals surface area contributed by atoms with E-state index in [0.717, 1.165) is 64.4 Å². The Bertz CT molecular complexity index is 441. The van der Waals surface area contributed by atoms with Crippen molar-refractivity contribution in [3.8, 4) is 0 Å². The van der Waals surface area contributed by atoms with Crippen molar-refractivity contribution in [3.63, 3.8) is 0 Å². The van der Waals surface area contributed by atoms with E-state index in [2.05, 4.69) is 39.2 Å². The van der Waals surface area contributed by atoms with Crippen LogP contribution in [0.4, 0.5) is 0 Å². The van der Waals surface area contributed by atoms with Gasteiger partial charge < -0.3 is 14.2 Å². The van der Waals surface area contributed by atoms with E-state index in [1.807, 2.05) is 6.08 Å². The van der Waals surface area contributed by atoms with Crippen LogP contribution < -0.4 is 0 Å². The maximum atomic E-state index is 6.47. The quantitative estimate of drug-likeness (QED) is 0.377. The van der Waals surface area contributed by atoms with Crippen LogP contribution in [0.2, 0.25) is 0 Å². The summed E-state index contributed by atoms with van der Waals surface area (Å²) in [4.78, 5) is 2.43. The van der Waals surface area contributed by atoms with Gasteiger partial charge in [0.25, 0.3) is 0 Å². The number of nitrogens with zero attached hydrogens (tertiary/aromatic N) is 1. The van der Waals surface area contributed by atoms with E-state index in [9.17, 15) is 0 Å².